The van der Waals surface area contributed by atoms with Gasteiger partial charge in [-0.15, -0.1) is 11.6 Å². The van der Waals surface area contributed by atoms with Crippen LogP contribution < -0.4 is 21.3 Å². The van der Waals surface area contributed by atoms with Gasteiger partial charge in [-0.05, 0) is 17.9 Å². The highest BCUT2D eigenvalue weighted by molar-refractivity contribution is 6.28. The summed E-state index contributed by atoms with van der Waals surface area (Å²) in [7, 11) is 3.30. The summed E-state index contributed by atoms with van der Waals surface area (Å²) in [6, 6.07) is 2.97. The summed E-state index contributed by atoms with van der Waals surface area (Å²) in [5.41, 5.74) is 0.656. The fraction of sp³-hybridized carbons (Fsp3) is 0.533. The smallest absolute Gasteiger partial charge is 0.408 e. The lowest BCUT2D eigenvalue weighted by Crippen LogP contribution is -2.59. The molecule has 0 heterocycles. The largest absolute Gasteiger partial charge is 0.469 e. The number of ketones is 1. The second-order valence-electron chi connectivity index (χ2n) is 10.4. The Bertz CT molecular complexity index is 1260. The van der Waals surface area contributed by atoms with Crippen LogP contribution in [0.25, 0.3) is 0 Å². The Morgan fingerprint density at radius 3 is 1.74 bits per heavy atom. The van der Waals surface area contributed by atoms with Gasteiger partial charge in [0.15, 0.2) is 5.78 Å². The average molecular weight is 685 g/mol. The zero-order chi connectivity index (χ0) is 35.5. The number of carbonyl (C=O) groups excluding carboxylic acids is 8. The number of hydrogen-bond acceptors (Lipinski definition) is 12. The number of Topliss-reactive ketones (excluding diaryl/α,β-unsaturated/α-hetero) is 1. The van der Waals surface area contributed by atoms with Crippen LogP contribution in [0.4, 0.5) is 4.79 Å². The molecule has 1 rings (SSSR count). The van der Waals surface area contributed by atoms with E-state index in [2.05, 4.69) is 35.5 Å². The van der Waals surface area contributed by atoms with Gasteiger partial charge >= 0.3 is 24.0 Å². The zero-order valence-corrected chi connectivity index (χ0v) is 27.5. The first-order valence-corrected chi connectivity index (χ1v) is 15.0. The lowest BCUT2D eigenvalue weighted by Gasteiger charge is -2.27. The maximum atomic E-state index is 13.5. The van der Waals surface area contributed by atoms with Crippen molar-refractivity contribution in [2.24, 2.45) is 5.92 Å². The van der Waals surface area contributed by atoms with Gasteiger partial charge in [0, 0.05) is 6.42 Å². The fourth-order valence-corrected chi connectivity index (χ4v) is 4.10. The van der Waals surface area contributed by atoms with E-state index in [0.717, 1.165) is 21.3 Å². The Kier molecular flexibility index (Phi) is 18.1. The molecule has 4 atom stereocenters. The van der Waals surface area contributed by atoms with Crippen molar-refractivity contribution in [1.29, 1.82) is 0 Å². The lowest BCUT2D eigenvalue weighted by atomic mass is 10.0. The molecule has 0 aliphatic heterocycles. The van der Waals surface area contributed by atoms with Gasteiger partial charge < -0.3 is 40.2 Å². The molecule has 0 saturated heterocycles. The van der Waals surface area contributed by atoms with Crippen molar-refractivity contribution in [3.05, 3.63) is 35.9 Å². The standard InChI is InChI=1S/C30H41ClN4O12/c1-17(2)26(29(42)33-20(22(36)15-31)13-24(38)45-4)35-27(40)19(11-12-23(37)44-3)32-28(41)21(14-25(39)46-5)34-30(43)47-16-18-9-7-6-8-10-18/h6-10,17,19-21,26H,11-16H2,1-5H3,(H,32,41)(H,33,42)(H,34,43)(H,35,40)/t19-,20-,21-,26-/m0/s1. The van der Waals surface area contributed by atoms with E-state index in [1.807, 2.05) is 0 Å². The van der Waals surface area contributed by atoms with Crippen molar-refractivity contribution >= 4 is 59.1 Å². The van der Waals surface area contributed by atoms with Crippen molar-refractivity contribution in [3.8, 4) is 0 Å². The third kappa shape index (κ3) is 14.9. The van der Waals surface area contributed by atoms with Crippen LogP contribution in [-0.2, 0) is 59.1 Å². The molecule has 47 heavy (non-hydrogen) atoms. The monoisotopic (exact) mass is 684 g/mol. The van der Waals surface area contributed by atoms with Crippen molar-refractivity contribution < 1.29 is 57.3 Å². The number of methoxy groups -OCH3 is 3. The molecule has 16 nitrogen and oxygen atoms in total. The molecule has 0 radical (unpaired) electrons. The van der Waals surface area contributed by atoms with Crippen LogP contribution in [0.5, 0.6) is 0 Å². The fourth-order valence-electron chi connectivity index (χ4n) is 3.91. The summed E-state index contributed by atoms with van der Waals surface area (Å²) in [5.74, 6) is -6.90. The van der Waals surface area contributed by atoms with Crippen LogP contribution >= 0.6 is 11.6 Å². The molecule has 0 aromatic heterocycles. The summed E-state index contributed by atoms with van der Waals surface area (Å²) in [6.07, 6.45) is -2.84. The minimum atomic E-state index is -1.57. The van der Waals surface area contributed by atoms with Gasteiger partial charge in [0.2, 0.25) is 17.7 Å². The quantitative estimate of drug-likeness (QED) is 0.0877. The molecule has 0 unspecified atom stereocenters. The minimum absolute atomic E-state index is 0.140. The third-order valence-corrected chi connectivity index (χ3v) is 6.86. The van der Waals surface area contributed by atoms with Crippen LogP contribution in [0.1, 0.15) is 45.1 Å². The van der Waals surface area contributed by atoms with Gasteiger partial charge in [-0.1, -0.05) is 44.2 Å². The van der Waals surface area contributed by atoms with Crippen molar-refractivity contribution in [2.45, 2.75) is 70.3 Å². The van der Waals surface area contributed by atoms with Crippen molar-refractivity contribution in [2.75, 3.05) is 27.2 Å². The van der Waals surface area contributed by atoms with E-state index >= 15 is 0 Å². The molecule has 1 aromatic rings. The summed E-state index contributed by atoms with van der Waals surface area (Å²) in [5, 5.41) is 9.52. The van der Waals surface area contributed by atoms with Crippen LogP contribution in [0.15, 0.2) is 30.3 Å². The molecule has 0 aliphatic rings. The number of carbonyl (C=O) groups is 8. The predicted octanol–water partition coefficient (Wildman–Crippen LogP) is 0.279. The van der Waals surface area contributed by atoms with E-state index in [4.69, 9.17) is 16.3 Å². The number of nitrogens with one attached hydrogen (secondary N) is 4. The van der Waals surface area contributed by atoms with E-state index in [9.17, 15) is 38.4 Å². The Morgan fingerprint density at radius 1 is 0.681 bits per heavy atom. The number of ether oxygens (including phenoxy) is 4. The van der Waals surface area contributed by atoms with E-state index in [1.165, 1.54) is 0 Å². The third-order valence-electron chi connectivity index (χ3n) is 6.60. The molecule has 0 bridgehead atoms. The first-order chi connectivity index (χ1) is 22.3. The number of rotatable bonds is 19. The maximum Gasteiger partial charge on any atom is 0.408 e. The normalized spacial score (nSPS) is 13.1. The maximum absolute atomic E-state index is 13.5. The summed E-state index contributed by atoms with van der Waals surface area (Å²) >= 11 is 5.63. The molecule has 0 spiro atoms. The van der Waals surface area contributed by atoms with E-state index in [0.29, 0.717) is 5.56 Å². The molecule has 1 aromatic carbocycles. The SMILES string of the molecule is COC(=O)CC[C@H](NC(=O)[C@H](CC(=O)OC)NC(=O)OCc1ccccc1)C(=O)N[C@H](C(=O)N[C@@H](CC(=O)OC)C(=O)CCl)C(C)C. The van der Waals surface area contributed by atoms with Gasteiger partial charge in [-0.25, -0.2) is 4.79 Å². The van der Waals surface area contributed by atoms with Gasteiger partial charge in [0.05, 0.1) is 46.1 Å². The average Bonchev–Trinajstić information content (AvgIpc) is 3.06. The Labute approximate surface area is 276 Å². The number of esters is 3. The number of halogens is 1. The molecule has 0 saturated carbocycles. The topological polar surface area (TPSA) is 222 Å². The molecule has 4 amide bonds. The van der Waals surface area contributed by atoms with Crippen LogP contribution in [0, 0.1) is 5.92 Å². The van der Waals surface area contributed by atoms with Crippen LogP contribution in [0.2, 0.25) is 0 Å². The second kappa shape index (κ2) is 21.1. The molecular formula is C30H41ClN4O12. The van der Waals surface area contributed by atoms with Gasteiger partial charge in [0.1, 0.15) is 24.7 Å². The highest BCUT2D eigenvalue weighted by Crippen LogP contribution is 2.09. The van der Waals surface area contributed by atoms with E-state index in [-0.39, 0.29) is 19.4 Å². The van der Waals surface area contributed by atoms with Crippen LogP contribution in [0.3, 0.4) is 0 Å². The van der Waals surface area contributed by atoms with Gasteiger partial charge in [-0.3, -0.25) is 33.6 Å². The van der Waals surface area contributed by atoms with E-state index in [1.54, 1.807) is 44.2 Å². The molecular weight excluding hydrogens is 644 g/mol. The number of benzene rings is 1. The van der Waals surface area contributed by atoms with E-state index < -0.39 is 96.3 Å². The molecule has 260 valence electrons. The number of alkyl halides is 1. The summed E-state index contributed by atoms with van der Waals surface area (Å²) in [6.45, 7) is 3.03. The highest BCUT2D eigenvalue weighted by Gasteiger charge is 2.34. The lowest BCUT2D eigenvalue weighted by molar-refractivity contribution is -0.144. The summed E-state index contributed by atoms with van der Waals surface area (Å²) < 4.78 is 19.0. The van der Waals surface area contributed by atoms with Gasteiger partial charge in [-0.2, -0.15) is 0 Å². The molecule has 17 heteroatoms. The number of alkyl carbamates (subject to hydrolysis) is 1. The van der Waals surface area contributed by atoms with Crippen molar-refractivity contribution in [1.82, 2.24) is 21.3 Å². The van der Waals surface area contributed by atoms with Gasteiger partial charge in [0.25, 0.3) is 0 Å². The molecule has 4 N–H and O–H groups in total. The van der Waals surface area contributed by atoms with Crippen LogP contribution in [-0.4, -0.2) is 98.9 Å². The molecule has 0 fully saturated rings. The Morgan fingerprint density at radius 2 is 1.21 bits per heavy atom. The Balaban J connectivity index is 3.17. The zero-order valence-electron chi connectivity index (χ0n) is 26.8. The Hall–Kier alpha value is -4.73. The van der Waals surface area contributed by atoms with Crippen molar-refractivity contribution in [3.63, 3.8) is 0 Å². The summed E-state index contributed by atoms with van der Waals surface area (Å²) in [4.78, 5) is 100. The second-order valence-corrected chi connectivity index (χ2v) is 10.7. The molecule has 0 aliphatic carbocycles. The first kappa shape index (κ1) is 40.3. The predicted molar refractivity (Wildman–Crippen MR) is 164 cm³/mol. The highest BCUT2D eigenvalue weighted by atomic mass is 35.5. The number of hydrogen-bond donors (Lipinski definition) is 4. The first-order valence-electron chi connectivity index (χ1n) is 14.4. The minimum Gasteiger partial charge on any atom is -0.469 e. The number of amides is 4.